The van der Waals surface area contributed by atoms with Gasteiger partial charge in [-0.3, -0.25) is 0 Å². The van der Waals surface area contributed by atoms with Crippen LogP contribution in [0, 0.1) is 0 Å². The van der Waals surface area contributed by atoms with Crippen LogP contribution in [0.25, 0.3) is 0 Å². The van der Waals surface area contributed by atoms with Crippen molar-refractivity contribution in [3.05, 3.63) is 96.1 Å². The van der Waals surface area contributed by atoms with Crippen LogP contribution in [-0.4, -0.2) is 54.0 Å². The van der Waals surface area contributed by atoms with E-state index in [0.717, 1.165) is 0 Å². The molecular formula is C34H50O6Si2. The van der Waals surface area contributed by atoms with Crippen molar-refractivity contribution in [2.75, 3.05) is 13.2 Å². The van der Waals surface area contributed by atoms with Crippen LogP contribution in [0.5, 0.6) is 0 Å². The average Bonchev–Trinajstić information content (AvgIpc) is 2.91. The number of rotatable bonds is 13. The third-order valence-electron chi connectivity index (χ3n) is 8.09. The van der Waals surface area contributed by atoms with E-state index in [1.807, 2.05) is 60.7 Å². The fourth-order valence-electron chi connectivity index (χ4n) is 3.41. The van der Waals surface area contributed by atoms with Crippen LogP contribution < -0.4 is 0 Å². The lowest BCUT2D eigenvalue weighted by atomic mass is 10.2. The lowest BCUT2D eigenvalue weighted by Gasteiger charge is -2.43. The minimum Gasteiger partial charge on any atom is -0.458 e. The molecule has 0 heterocycles. The van der Waals surface area contributed by atoms with Gasteiger partial charge < -0.3 is 18.3 Å². The highest BCUT2D eigenvalue weighted by Crippen LogP contribution is 2.40. The lowest BCUT2D eigenvalue weighted by Crippen LogP contribution is -2.51. The van der Waals surface area contributed by atoms with Crippen LogP contribution in [0.15, 0.2) is 85.0 Å². The molecule has 2 atom stereocenters. The fourth-order valence-corrected chi connectivity index (χ4v) is 5.90. The van der Waals surface area contributed by atoms with Gasteiger partial charge in [-0.2, -0.15) is 0 Å². The van der Waals surface area contributed by atoms with Gasteiger partial charge in [0.15, 0.2) is 16.6 Å². The molecule has 0 saturated carbocycles. The summed E-state index contributed by atoms with van der Waals surface area (Å²) in [6.45, 7) is 22.2. The van der Waals surface area contributed by atoms with Gasteiger partial charge in [-0.1, -0.05) is 90.1 Å². The predicted octanol–water partition coefficient (Wildman–Crippen LogP) is 8.59. The third-order valence-corrected chi connectivity index (χ3v) is 17.0. The Hall–Kier alpha value is -2.79. The molecule has 0 bridgehead atoms. The molecule has 0 aliphatic rings. The molecule has 0 amide bonds. The van der Waals surface area contributed by atoms with E-state index in [0.29, 0.717) is 11.1 Å². The van der Waals surface area contributed by atoms with E-state index in [-0.39, 0.29) is 35.2 Å². The first kappa shape index (κ1) is 35.4. The summed E-state index contributed by atoms with van der Waals surface area (Å²) in [5.41, 5.74) is 1.01. The second-order valence-corrected chi connectivity index (χ2v) is 23.0. The van der Waals surface area contributed by atoms with Gasteiger partial charge in [0.1, 0.15) is 13.2 Å². The standard InChI is InChI=1S/C34H50O6Si2/c1-33(2,3)41(7,8)39-29(23-17-25-37-31(35)27-19-13-11-14-20-27)30(40-42(9,10)34(4,5)6)24-18-26-38-32(36)28-21-15-12-16-22-28/h11-24,29-30H,25-26H2,1-10H3/b23-17+,24-18+/t29-,30-/m0/s1. The Morgan fingerprint density at radius 2 is 0.929 bits per heavy atom. The largest absolute Gasteiger partial charge is 0.458 e. The van der Waals surface area contributed by atoms with E-state index < -0.39 is 28.8 Å². The highest BCUT2D eigenvalue weighted by Gasteiger charge is 2.43. The van der Waals surface area contributed by atoms with E-state index in [4.69, 9.17) is 18.3 Å². The Kier molecular flexibility index (Phi) is 12.7. The van der Waals surface area contributed by atoms with E-state index in [1.165, 1.54) is 0 Å². The number of benzene rings is 2. The summed E-state index contributed by atoms with van der Waals surface area (Å²) in [5, 5.41) is -0.0648. The molecule has 6 nitrogen and oxygen atoms in total. The molecule has 0 radical (unpaired) electrons. The Balaban J connectivity index is 2.32. The molecule has 0 spiro atoms. The number of hydrogen-bond donors (Lipinski definition) is 0. The molecule has 0 saturated heterocycles. The van der Waals surface area contributed by atoms with Crippen LogP contribution in [0.1, 0.15) is 62.3 Å². The lowest BCUT2D eigenvalue weighted by molar-refractivity contribution is 0.0534. The van der Waals surface area contributed by atoms with Crippen molar-refractivity contribution in [1.29, 1.82) is 0 Å². The first-order chi connectivity index (χ1) is 19.4. The van der Waals surface area contributed by atoms with Crippen molar-refractivity contribution in [3.8, 4) is 0 Å². The van der Waals surface area contributed by atoms with Gasteiger partial charge in [0, 0.05) is 0 Å². The molecule has 0 N–H and O–H groups in total. The van der Waals surface area contributed by atoms with Gasteiger partial charge >= 0.3 is 11.9 Å². The monoisotopic (exact) mass is 610 g/mol. The fraction of sp³-hybridized carbons (Fsp3) is 0.471. The Labute approximate surface area is 255 Å². The highest BCUT2D eigenvalue weighted by atomic mass is 28.4. The number of carbonyl (C=O) groups is 2. The zero-order valence-corrected chi connectivity index (χ0v) is 29.1. The minimum absolute atomic E-state index is 0.0324. The molecule has 0 unspecified atom stereocenters. The molecule has 230 valence electrons. The maximum Gasteiger partial charge on any atom is 0.338 e. The normalized spacial score (nSPS) is 14.6. The second kappa shape index (κ2) is 15.1. The van der Waals surface area contributed by atoms with Gasteiger partial charge in [0.05, 0.1) is 23.3 Å². The molecule has 8 heteroatoms. The van der Waals surface area contributed by atoms with Crippen LogP contribution in [-0.2, 0) is 18.3 Å². The molecule has 42 heavy (non-hydrogen) atoms. The summed E-state index contributed by atoms with van der Waals surface area (Å²) in [6.07, 6.45) is 6.66. The summed E-state index contributed by atoms with van der Waals surface area (Å²) >= 11 is 0. The van der Waals surface area contributed by atoms with Crippen molar-refractivity contribution in [2.45, 2.75) is 90.0 Å². The summed E-state index contributed by atoms with van der Waals surface area (Å²) in [5.74, 6) is -0.757. The van der Waals surface area contributed by atoms with Crippen molar-refractivity contribution < 1.29 is 27.9 Å². The van der Waals surface area contributed by atoms with Gasteiger partial charge in [-0.15, -0.1) is 0 Å². The topological polar surface area (TPSA) is 71.1 Å². The maximum absolute atomic E-state index is 12.5. The molecule has 2 aromatic rings. The molecule has 0 aliphatic carbocycles. The van der Waals surface area contributed by atoms with Gasteiger partial charge in [0.25, 0.3) is 0 Å². The minimum atomic E-state index is -2.24. The summed E-state index contributed by atoms with van der Waals surface area (Å²) < 4.78 is 24.8. The van der Waals surface area contributed by atoms with Crippen LogP contribution >= 0.6 is 0 Å². The number of ether oxygens (including phenoxy) is 2. The van der Waals surface area contributed by atoms with Crippen molar-refractivity contribution in [3.63, 3.8) is 0 Å². The van der Waals surface area contributed by atoms with Crippen LogP contribution in [0.3, 0.4) is 0 Å². The van der Waals surface area contributed by atoms with Gasteiger partial charge in [-0.05, 0) is 72.7 Å². The summed E-state index contributed by atoms with van der Waals surface area (Å²) in [4.78, 5) is 24.9. The first-order valence-corrected chi connectivity index (χ1v) is 20.4. The van der Waals surface area contributed by atoms with Crippen molar-refractivity contribution in [2.24, 2.45) is 0 Å². The quantitative estimate of drug-likeness (QED) is 0.128. The van der Waals surface area contributed by atoms with Crippen molar-refractivity contribution >= 4 is 28.6 Å². The molecule has 0 aliphatic heterocycles. The zero-order chi connectivity index (χ0) is 31.6. The van der Waals surface area contributed by atoms with E-state index >= 15 is 0 Å². The predicted molar refractivity (Wildman–Crippen MR) is 176 cm³/mol. The zero-order valence-electron chi connectivity index (χ0n) is 27.1. The number of hydrogen-bond acceptors (Lipinski definition) is 6. The van der Waals surface area contributed by atoms with Crippen LogP contribution in [0.4, 0.5) is 0 Å². The van der Waals surface area contributed by atoms with Gasteiger partial charge in [0.2, 0.25) is 0 Å². The second-order valence-electron chi connectivity index (χ2n) is 13.5. The molecule has 0 aromatic heterocycles. The average molecular weight is 611 g/mol. The third kappa shape index (κ3) is 10.8. The number of esters is 2. The Morgan fingerprint density at radius 3 is 1.21 bits per heavy atom. The van der Waals surface area contributed by atoms with E-state index in [9.17, 15) is 9.59 Å². The molecule has 0 fully saturated rings. The van der Waals surface area contributed by atoms with Crippen LogP contribution in [0.2, 0.25) is 36.3 Å². The Morgan fingerprint density at radius 1 is 0.619 bits per heavy atom. The molecule has 2 rings (SSSR count). The van der Waals surface area contributed by atoms with Gasteiger partial charge in [-0.25, -0.2) is 9.59 Å². The van der Waals surface area contributed by atoms with E-state index in [2.05, 4.69) is 67.7 Å². The first-order valence-electron chi connectivity index (χ1n) is 14.6. The molecular weight excluding hydrogens is 561 g/mol. The Bertz CT molecular complexity index is 1100. The summed E-state index contributed by atoms with van der Waals surface area (Å²) in [7, 11) is -4.48. The SMILES string of the molecule is CC(C)(C)[Si](C)(C)O[C@@H](/C=C/COC(=O)c1ccccc1)[C@H](/C=C/COC(=O)c1ccccc1)O[Si](C)(C)C(C)(C)C. The summed E-state index contributed by atoms with van der Waals surface area (Å²) in [6, 6.07) is 17.9. The maximum atomic E-state index is 12.5. The highest BCUT2D eigenvalue weighted by molar-refractivity contribution is 6.74. The number of carbonyl (C=O) groups excluding carboxylic acids is 2. The van der Waals surface area contributed by atoms with Crippen molar-refractivity contribution in [1.82, 2.24) is 0 Å². The van der Waals surface area contributed by atoms with E-state index in [1.54, 1.807) is 24.3 Å². The molecule has 2 aromatic carbocycles. The smallest absolute Gasteiger partial charge is 0.338 e.